The molecule has 20 heavy (non-hydrogen) atoms. The smallest absolute Gasteiger partial charge is 0.126 e. The molecule has 0 saturated heterocycles. The fourth-order valence-electron chi connectivity index (χ4n) is 2.08. The molecule has 1 atom stereocenters. The summed E-state index contributed by atoms with van der Waals surface area (Å²) in [6.07, 6.45) is 0.814. The number of nitrogens with one attached hydrogen (secondary N) is 1. The highest BCUT2D eigenvalue weighted by molar-refractivity contribution is 5.23. The molecule has 0 amide bonds. The van der Waals surface area contributed by atoms with Crippen molar-refractivity contribution in [2.45, 2.75) is 32.9 Å². The van der Waals surface area contributed by atoms with Gasteiger partial charge in [-0.25, -0.2) is 8.78 Å². The Morgan fingerprint density at radius 2 is 1.65 bits per heavy atom. The molecule has 2 rings (SSSR count). The fourth-order valence-corrected chi connectivity index (χ4v) is 2.08. The molecule has 0 spiro atoms. The van der Waals surface area contributed by atoms with E-state index < -0.39 is 0 Å². The molecule has 0 fully saturated rings. The molecule has 0 heterocycles. The van der Waals surface area contributed by atoms with Gasteiger partial charge >= 0.3 is 0 Å². The van der Waals surface area contributed by atoms with Gasteiger partial charge in [-0.3, -0.25) is 0 Å². The molecule has 0 aliphatic heterocycles. The third kappa shape index (κ3) is 4.14. The molecule has 106 valence electrons. The minimum atomic E-state index is -0.218. The van der Waals surface area contributed by atoms with Crippen LogP contribution in [0.4, 0.5) is 8.78 Å². The highest BCUT2D eigenvalue weighted by Gasteiger charge is 2.05. The van der Waals surface area contributed by atoms with Crippen molar-refractivity contribution in [3.63, 3.8) is 0 Å². The van der Waals surface area contributed by atoms with Crippen LogP contribution < -0.4 is 5.32 Å². The Hall–Kier alpha value is -1.74. The van der Waals surface area contributed by atoms with Gasteiger partial charge in [0.25, 0.3) is 0 Å². The van der Waals surface area contributed by atoms with E-state index in [4.69, 9.17) is 0 Å². The summed E-state index contributed by atoms with van der Waals surface area (Å²) in [5.74, 6) is -0.389. The molecule has 2 aromatic rings. The van der Waals surface area contributed by atoms with Crippen LogP contribution in [0.5, 0.6) is 0 Å². The SMILES string of the molecule is Cc1ccc(CNC(C)Cc2ccc(F)cc2)cc1F. The van der Waals surface area contributed by atoms with Crippen LogP contribution in [0.25, 0.3) is 0 Å². The lowest BCUT2D eigenvalue weighted by Gasteiger charge is -2.14. The number of aryl methyl sites for hydroxylation is 1. The molecule has 0 aliphatic carbocycles. The van der Waals surface area contributed by atoms with Gasteiger partial charge < -0.3 is 5.32 Å². The van der Waals surface area contributed by atoms with E-state index in [9.17, 15) is 8.78 Å². The van der Waals surface area contributed by atoms with E-state index >= 15 is 0 Å². The second-order valence-corrected chi connectivity index (χ2v) is 5.20. The van der Waals surface area contributed by atoms with E-state index in [0.29, 0.717) is 12.1 Å². The number of halogens is 2. The molecular formula is C17H19F2N. The zero-order valence-corrected chi connectivity index (χ0v) is 11.8. The summed E-state index contributed by atoms with van der Waals surface area (Å²) in [5, 5.41) is 3.35. The Bertz CT molecular complexity index is 564. The molecule has 0 saturated carbocycles. The normalized spacial score (nSPS) is 12.4. The van der Waals surface area contributed by atoms with Gasteiger partial charge in [-0.1, -0.05) is 24.3 Å². The summed E-state index contributed by atoms with van der Waals surface area (Å²) in [4.78, 5) is 0. The van der Waals surface area contributed by atoms with Crippen molar-refractivity contribution in [3.05, 3.63) is 70.8 Å². The topological polar surface area (TPSA) is 12.0 Å². The maximum absolute atomic E-state index is 13.4. The largest absolute Gasteiger partial charge is 0.310 e. The first-order valence-corrected chi connectivity index (χ1v) is 6.77. The number of hydrogen-bond acceptors (Lipinski definition) is 1. The van der Waals surface area contributed by atoms with Crippen LogP contribution in [0.1, 0.15) is 23.6 Å². The summed E-state index contributed by atoms with van der Waals surface area (Å²) in [7, 11) is 0. The van der Waals surface area contributed by atoms with Crippen molar-refractivity contribution < 1.29 is 8.78 Å². The quantitative estimate of drug-likeness (QED) is 0.870. The third-order valence-electron chi connectivity index (χ3n) is 3.35. The van der Waals surface area contributed by atoms with Crippen LogP contribution in [-0.4, -0.2) is 6.04 Å². The minimum absolute atomic E-state index is 0.171. The summed E-state index contributed by atoms with van der Waals surface area (Å²) in [5.41, 5.74) is 2.67. The lowest BCUT2D eigenvalue weighted by atomic mass is 10.1. The standard InChI is InChI=1S/C17H19F2N/c1-12-3-4-15(10-17(12)19)11-20-13(2)9-14-5-7-16(18)8-6-14/h3-8,10,13,20H,9,11H2,1-2H3. The predicted octanol–water partition coefficient (Wildman–Crippen LogP) is 3.99. The van der Waals surface area contributed by atoms with Gasteiger partial charge in [0.1, 0.15) is 11.6 Å². The third-order valence-corrected chi connectivity index (χ3v) is 3.35. The molecule has 1 unspecified atom stereocenters. The van der Waals surface area contributed by atoms with Crippen LogP contribution in [0.3, 0.4) is 0 Å². The van der Waals surface area contributed by atoms with Gasteiger partial charge in [0.05, 0.1) is 0 Å². The Morgan fingerprint density at radius 1 is 1.00 bits per heavy atom. The van der Waals surface area contributed by atoms with E-state index in [-0.39, 0.29) is 17.7 Å². The number of rotatable bonds is 5. The molecule has 3 heteroatoms. The van der Waals surface area contributed by atoms with Crippen molar-refractivity contribution >= 4 is 0 Å². The average molecular weight is 275 g/mol. The van der Waals surface area contributed by atoms with Crippen LogP contribution in [0.2, 0.25) is 0 Å². The van der Waals surface area contributed by atoms with Crippen molar-refractivity contribution in [3.8, 4) is 0 Å². The van der Waals surface area contributed by atoms with Gasteiger partial charge in [-0.05, 0) is 55.2 Å². The Kier molecular flexibility index (Phi) is 4.85. The van der Waals surface area contributed by atoms with Crippen LogP contribution in [-0.2, 0) is 13.0 Å². The van der Waals surface area contributed by atoms with Crippen molar-refractivity contribution in [1.29, 1.82) is 0 Å². The lowest BCUT2D eigenvalue weighted by Crippen LogP contribution is -2.27. The van der Waals surface area contributed by atoms with Crippen LogP contribution >= 0.6 is 0 Å². The first kappa shape index (κ1) is 14.7. The molecule has 0 bridgehead atoms. The summed E-state index contributed by atoms with van der Waals surface area (Å²) >= 11 is 0. The van der Waals surface area contributed by atoms with Crippen molar-refractivity contribution in [2.24, 2.45) is 0 Å². The molecule has 1 nitrogen and oxygen atoms in total. The van der Waals surface area contributed by atoms with Crippen LogP contribution in [0.15, 0.2) is 42.5 Å². The van der Waals surface area contributed by atoms with Gasteiger partial charge in [0.2, 0.25) is 0 Å². The second kappa shape index (κ2) is 6.62. The van der Waals surface area contributed by atoms with Crippen molar-refractivity contribution in [1.82, 2.24) is 5.32 Å². The Morgan fingerprint density at radius 3 is 2.30 bits per heavy atom. The molecular weight excluding hydrogens is 256 g/mol. The summed E-state index contributed by atoms with van der Waals surface area (Å²) in [6.45, 7) is 4.44. The second-order valence-electron chi connectivity index (χ2n) is 5.20. The number of hydrogen-bond donors (Lipinski definition) is 1. The van der Waals surface area contributed by atoms with E-state index in [1.54, 1.807) is 31.2 Å². The molecule has 0 aliphatic rings. The number of benzene rings is 2. The van der Waals surface area contributed by atoms with E-state index in [2.05, 4.69) is 12.2 Å². The molecule has 0 aromatic heterocycles. The lowest BCUT2D eigenvalue weighted by molar-refractivity contribution is 0.541. The molecule has 2 aromatic carbocycles. The minimum Gasteiger partial charge on any atom is -0.310 e. The van der Waals surface area contributed by atoms with Crippen LogP contribution in [0, 0.1) is 18.6 Å². The zero-order chi connectivity index (χ0) is 14.5. The first-order valence-electron chi connectivity index (χ1n) is 6.77. The molecule has 1 N–H and O–H groups in total. The zero-order valence-electron chi connectivity index (χ0n) is 11.8. The monoisotopic (exact) mass is 275 g/mol. The highest BCUT2D eigenvalue weighted by atomic mass is 19.1. The maximum Gasteiger partial charge on any atom is 0.126 e. The van der Waals surface area contributed by atoms with Gasteiger partial charge in [-0.2, -0.15) is 0 Å². The summed E-state index contributed by atoms with van der Waals surface area (Å²) < 4.78 is 26.2. The fraction of sp³-hybridized carbons (Fsp3) is 0.294. The van der Waals surface area contributed by atoms with E-state index in [0.717, 1.165) is 17.5 Å². The average Bonchev–Trinajstić information content (AvgIpc) is 2.43. The van der Waals surface area contributed by atoms with Gasteiger partial charge in [0, 0.05) is 12.6 Å². The predicted molar refractivity (Wildman–Crippen MR) is 77.5 cm³/mol. The highest BCUT2D eigenvalue weighted by Crippen LogP contribution is 2.10. The molecule has 0 radical (unpaired) electrons. The van der Waals surface area contributed by atoms with Gasteiger partial charge in [-0.15, -0.1) is 0 Å². The maximum atomic E-state index is 13.4. The van der Waals surface area contributed by atoms with Crippen molar-refractivity contribution in [2.75, 3.05) is 0 Å². The Balaban J connectivity index is 1.86. The van der Waals surface area contributed by atoms with Gasteiger partial charge in [0.15, 0.2) is 0 Å². The van der Waals surface area contributed by atoms with E-state index in [1.165, 1.54) is 12.1 Å². The summed E-state index contributed by atoms with van der Waals surface area (Å²) in [6, 6.07) is 12.0. The first-order chi connectivity index (χ1) is 9.54. The Labute approximate surface area is 118 Å². The van der Waals surface area contributed by atoms with E-state index in [1.807, 2.05) is 6.07 Å².